The van der Waals surface area contributed by atoms with Crippen molar-refractivity contribution in [2.75, 3.05) is 0 Å². The highest BCUT2D eigenvalue weighted by atomic mass is 127. The van der Waals surface area contributed by atoms with E-state index in [9.17, 15) is 0 Å². The van der Waals surface area contributed by atoms with Gasteiger partial charge in [-0.2, -0.15) is 0 Å². The summed E-state index contributed by atoms with van der Waals surface area (Å²) in [6.45, 7) is 0. The van der Waals surface area contributed by atoms with Crippen LogP contribution in [0.2, 0.25) is 5.15 Å². The van der Waals surface area contributed by atoms with Crippen LogP contribution >= 0.6 is 34.2 Å². The number of aromatic nitrogens is 2. The highest BCUT2D eigenvalue weighted by Gasteiger charge is 2.03. The summed E-state index contributed by atoms with van der Waals surface area (Å²) in [6.07, 6.45) is 0. The number of hydrogen-bond acceptors (Lipinski definition) is 2. The summed E-state index contributed by atoms with van der Waals surface area (Å²) in [6, 6.07) is 7.82. The first-order valence-electron chi connectivity index (χ1n) is 3.35. The number of nitrogens with zero attached hydrogens (tertiary/aromatic N) is 2. The molecule has 0 radical (unpaired) electrons. The van der Waals surface area contributed by atoms with Crippen LogP contribution in [0.4, 0.5) is 0 Å². The van der Waals surface area contributed by atoms with E-state index in [0.29, 0.717) is 5.15 Å². The molecule has 0 spiro atoms. The molecule has 0 N–H and O–H groups in total. The van der Waals surface area contributed by atoms with Crippen LogP contribution in [0, 0.1) is 3.70 Å². The number of rotatable bonds is 0. The van der Waals surface area contributed by atoms with Crippen molar-refractivity contribution in [2.24, 2.45) is 0 Å². The second-order valence-electron chi connectivity index (χ2n) is 2.33. The summed E-state index contributed by atoms with van der Waals surface area (Å²) >= 11 is 7.99. The van der Waals surface area contributed by atoms with Gasteiger partial charge in [0.2, 0.25) is 0 Å². The third-order valence-electron chi connectivity index (χ3n) is 1.60. The Labute approximate surface area is 88.1 Å². The lowest BCUT2D eigenvalue weighted by Gasteiger charge is -1.98. The van der Waals surface area contributed by atoms with Crippen molar-refractivity contribution in [3.05, 3.63) is 33.1 Å². The topological polar surface area (TPSA) is 25.8 Å². The molecule has 12 heavy (non-hydrogen) atoms. The molecule has 0 unspecified atom stereocenters. The Morgan fingerprint density at radius 2 is 1.75 bits per heavy atom. The van der Waals surface area contributed by atoms with E-state index in [2.05, 4.69) is 32.8 Å². The Morgan fingerprint density at radius 3 is 2.42 bits per heavy atom. The van der Waals surface area contributed by atoms with Crippen LogP contribution in [-0.2, 0) is 0 Å². The quantitative estimate of drug-likeness (QED) is 0.697. The molecule has 2 rings (SSSR count). The molecule has 4 heteroatoms. The van der Waals surface area contributed by atoms with Gasteiger partial charge in [-0.25, -0.2) is 0 Å². The minimum atomic E-state index is 0.464. The van der Waals surface area contributed by atoms with E-state index in [1.54, 1.807) is 0 Å². The smallest absolute Gasteiger partial charge is 0.142 e. The minimum absolute atomic E-state index is 0.464. The third kappa shape index (κ3) is 1.27. The lowest BCUT2D eigenvalue weighted by molar-refractivity contribution is 1.02. The average Bonchev–Trinajstić information content (AvgIpc) is 2.12. The molecule has 1 aromatic carbocycles. The SMILES string of the molecule is Clc1nnc(I)c2ccccc12. The van der Waals surface area contributed by atoms with Gasteiger partial charge >= 0.3 is 0 Å². The summed E-state index contributed by atoms with van der Waals surface area (Å²) in [7, 11) is 0. The second kappa shape index (κ2) is 3.14. The monoisotopic (exact) mass is 290 g/mol. The fraction of sp³-hybridized carbons (Fsp3) is 0. The minimum Gasteiger partial charge on any atom is -0.142 e. The van der Waals surface area contributed by atoms with Crippen molar-refractivity contribution in [3.8, 4) is 0 Å². The Balaban J connectivity index is 2.95. The maximum absolute atomic E-state index is 5.85. The van der Waals surface area contributed by atoms with Gasteiger partial charge in [0, 0.05) is 10.8 Å². The van der Waals surface area contributed by atoms with E-state index >= 15 is 0 Å². The maximum Gasteiger partial charge on any atom is 0.159 e. The molecule has 0 aliphatic rings. The van der Waals surface area contributed by atoms with Crippen molar-refractivity contribution in [2.45, 2.75) is 0 Å². The van der Waals surface area contributed by atoms with E-state index in [0.717, 1.165) is 14.5 Å². The normalized spacial score (nSPS) is 10.5. The summed E-state index contributed by atoms with van der Waals surface area (Å²) in [5.41, 5.74) is 0. The van der Waals surface area contributed by atoms with E-state index in [-0.39, 0.29) is 0 Å². The van der Waals surface area contributed by atoms with Crippen LogP contribution in [0.3, 0.4) is 0 Å². The van der Waals surface area contributed by atoms with Crippen molar-refractivity contribution in [3.63, 3.8) is 0 Å². The van der Waals surface area contributed by atoms with Crippen LogP contribution in [0.5, 0.6) is 0 Å². The fourth-order valence-corrected chi connectivity index (χ4v) is 1.82. The molecule has 2 aromatic rings. The lowest BCUT2D eigenvalue weighted by atomic mass is 10.2. The Bertz CT molecular complexity index is 390. The van der Waals surface area contributed by atoms with Gasteiger partial charge < -0.3 is 0 Å². The highest BCUT2D eigenvalue weighted by molar-refractivity contribution is 14.1. The summed E-state index contributed by atoms with van der Waals surface area (Å²) in [5, 5.41) is 10.2. The van der Waals surface area contributed by atoms with Gasteiger partial charge in [-0.3, -0.25) is 0 Å². The molecule has 0 bridgehead atoms. The summed E-state index contributed by atoms with van der Waals surface area (Å²) in [4.78, 5) is 0. The zero-order chi connectivity index (χ0) is 8.55. The van der Waals surface area contributed by atoms with Gasteiger partial charge in [-0.15, -0.1) is 10.2 Å². The fourth-order valence-electron chi connectivity index (χ4n) is 1.04. The molecule has 1 heterocycles. The van der Waals surface area contributed by atoms with Crippen molar-refractivity contribution >= 4 is 45.0 Å². The molecular formula is C8H4ClIN2. The Kier molecular flexibility index (Phi) is 2.14. The molecule has 0 aliphatic carbocycles. The summed E-state index contributed by atoms with van der Waals surface area (Å²) < 4.78 is 0.882. The van der Waals surface area contributed by atoms with Gasteiger partial charge in [0.05, 0.1) is 0 Å². The van der Waals surface area contributed by atoms with E-state index in [1.807, 2.05) is 24.3 Å². The lowest BCUT2D eigenvalue weighted by Crippen LogP contribution is -1.88. The Hall–Kier alpha value is -0.420. The molecule has 0 fully saturated rings. The first-order valence-corrected chi connectivity index (χ1v) is 4.81. The van der Waals surface area contributed by atoms with E-state index < -0.39 is 0 Å². The second-order valence-corrected chi connectivity index (χ2v) is 3.71. The van der Waals surface area contributed by atoms with Gasteiger partial charge in [0.1, 0.15) is 3.70 Å². The number of halogens is 2. The van der Waals surface area contributed by atoms with Gasteiger partial charge in [-0.05, 0) is 22.6 Å². The third-order valence-corrected chi connectivity index (χ3v) is 2.67. The number of hydrogen-bond donors (Lipinski definition) is 0. The number of fused-ring (bicyclic) bond motifs is 1. The average molecular weight is 290 g/mol. The van der Waals surface area contributed by atoms with Gasteiger partial charge in [-0.1, -0.05) is 35.9 Å². The molecule has 0 amide bonds. The maximum atomic E-state index is 5.85. The van der Waals surface area contributed by atoms with E-state index in [1.165, 1.54) is 0 Å². The molecular weight excluding hydrogens is 286 g/mol. The van der Waals surface area contributed by atoms with Crippen LogP contribution < -0.4 is 0 Å². The standard InChI is InChI=1S/C8H4ClIN2/c9-7-5-3-1-2-4-6(5)8(10)12-11-7/h1-4H. The largest absolute Gasteiger partial charge is 0.159 e. The summed E-state index contributed by atoms with van der Waals surface area (Å²) in [5.74, 6) is 0. The Morgan fingerprint density at radius 1 is 1.08 bits per heavy atom. The molecule has 2 nitrogen and oxygen atoms in total. The molecule has 0 atom stereocenters. The molecule has 0 saturated heterocycles. The van der Waals surface area contributed by atoms with E-state index in [4.69, 9.17) is 11.6 Å². The van der Waals surface area contributed by atoms with Crippen LogP contribution in [0.25, 0.3) is 10.8 Å². The van der Waals surface area contributed by atoms with Crippen molar-refractivity contribution in [1.82, 2.24) is 10.2 Å². The zero-order valence-corrected chi connectivity index (χ0v) is 8.87. The number of benzene rings is 1. The van der Waals surface area contributed by atoms with Crippen LogP contribution in [0.1, 0.15) is 0 Å². The zero-order valence-electron chi connectivity index (χ0n) is 5.96. The van der Waals surface area contributed by atoms with Crippen molar-refractivity contribution < 1.29 is 0 Å². The highest BCUT2D eigenvalue weighted by Crippen LogP contribution is 2.22. The molecule has 60 valence electrons. The van der Waals surface area contributed by atoms with Gasteiger partial charge in [0.25, 0.3) is 0 Å². The first kappa shape index (κ1) is 8.19. The van der Waals surface area contributed by atoms with Crippen LogP contribution in [-0.4, -0.2) is 10.2 Å². The molecule has 1 aromatic heterocycles. The van der Waals surface area contributed by atoms with Gasteiger partial charge in [0.15, 0.2) is 5.15 Å². The molecule has 0 aliphatic heterocycles. The first-order chi connectivity index (χ1) is 5.79. The van der Waals surface area contributed by atoms with Crippen LogP contribution in [0.15, 0.2) is 24.3 Å². The predicted molar refractivity (Wildman–Crippen MR) is 57.3 cm³/mol. The molecule has 0 saturated carbocycles. The predicted octanol–water partition coefficient (Wildman–Crippen LogP) is 2.89. The van der Waals surface area contributed by atoms with Crippen molar-refractivity contribution in [1.29, 1.82) is 0 Å².